The molecule has 17 heavy (non-hydrogen) atoms. The van der Waals surface area contributed by atoms with Crippen LogP contribution < -0.4 is 5.69 Å². The number of ketones is 1. The normalized spacial score (nSPS) is 16.2. The van der Waals surface area contributed by atoms with E-state index >= 15 is 0 Å². The average Bonchev–Trinajstić information content (AvgIpc) is 2.99. The maximum absolute atomic E-state index is 11.8. The second kappa shape index (κ2) is 4.33. The smallest absolute Gasteiger partial charge is 0.298 e. The molecule has 6 heteroatoms. The van der Waals surface area contributed by atoms with Gasteiger partial charge in [-0.25, -0.2) is 9.89 Å². The first-order chi connectivity index (χ1) is 7.89. The third kappa shape index (κ3) is 2.80. The molecule has 2 rings (SSSR count). The van der Waals surface area contributed by atoms with E-state index in [4.69, 9.17) is 0 Å². The molecule has 94 valence electrons. The third-order valence-electron chi connectivity index (χ3n) is 2.75. The van der Waals surface area contributed by atoms with Gasteiger partial charge in [-0.3, -0.25) is 9.36 Å². The molecule has 0 spiro atoms. The number of carbonyl (C=O) groups is 1. The molecule has 1 heterocycles. The second-order valence-electron chi connectivity index (χ2n) is 5.37. The largest absolute Gasteiger partial charge is 0.344 e. The SMILES string of the molecule is CC(C)(C)C(=O)CSc1n[nH]c(=O)n1C1CC1. The molecule has 0 bridgehead atoms. The van der Waals surface area contributed by atoms with Crippen LogP contribution >= 0.6 is 11.8 Å². The van der Waals surface area contributed by atoms with Gasteiger partial charge in [0.2, 0.25) is 0 Å². The van der Waals surface area contributed by atoms with Crippen LogP contribution in [-0.4, -0.2) is 26.3 Å². The van der Waals surface area contributed by atoms with Crippen LogP contribution in [0.2, 0.25) is 0 Å². The highest BCUT2D eigenvalue weighted by atomic mass is 32.2. The van der Waals surface area contributed by atoms with Crippen molar-refractivity contribution in [2.24, 2.45) is 5.41 Å². The minimum Gasteiger partial charge on any atom is -0.298 e. The minimum absolute atomic E-state index is 0.167. The monoisotopic (exact) mass is 255 g/mol. The van der Waals surface area contributed by atoms with Gasteiger partial charge in [0.1, 0.15) is 5.78 Å². The summed E-state index contributed by atoms with van der Waals surface area (Å²) >= 11 is 1.34. The van der Waals surface area contributed by atoms with Crippen LogP contribution in [0.1, 0.15) is 39.7 Å². The summed E-state index contributed by atoms with van der Waals surface area (Å²) in [5.74, 6) is 0.529. The summed E-state index contributed by atoms with van der Waals surface area (Å²) in [4.78, 5) is 23.3. The Morgan fingerprint density at radius 3 is 2.71 bits per heavy atom. The number of H-pyrrole nitrogens is 1. The number of nitrogens with one attached hydrogen (secondary N) is 1. The number of carbonyl (C=O) groups excluding carboxylic acids is 1. The van der Waals surface area contributed by atoms with E-state index in [1.54, 1.807) is 4.57 Å². The van der Waals surface area contributed by atoms with Gasteiger partial charge in [0.25, 0.3) is 0 Å². The number of Topliss-reactive ketones (excluding diaryl/α,β-unsaturated/α-hetero) is 1. The molecule has 1 aromatic heterocycles. The first-order valence-corrected chi connectivity index (χ1v) is 6.71. The lowest BCUT2D eigenvalue weighted by Crippen LogP contribution is -2.22. The Morgan fingerprint density at radius 2 is 2.18 bits per heavy atom. The van der Waals surface area contributed by atoms with Gasteiger partial charge in [0.05, 0.1) is 5.75 Å². The van der Waals surface area contributed by atoms with Crippen LogP contribution in [0.25, 0.3) is 0 Å². The Labute approximate surface area is 104 Å². The lowest BCUT2D eigenvalue weighted by molar-refractivity contribution is -0.123. The molecule has 0 aliphatic heterocycles. The molecular weight excluding hydrogens is 238 g/mol. The van der Waals surface area contributed by atoms with Gasteiger partial charge < -0.3 is 0 Å². The molecule has 1 saturated carbocycles. The van der Waals surface area contributed by atoms with Gasteiger partial charge in [-0.05, 0) is 12.8 Å². The maximum Gasteiger partial charge on any atom is 0.344 e. The highest BCUT2D eigenvalue weighted by Gasteiger charge is 2.29. The zero-order valence-electron chi connectivity index (χ0n) is 10.3. The van der Waals surface area contributed by atoms with E-state index in [1.165, 1.54) is 11.8 Å². The standard InChI is InChI=1S/C11H17N3O2S/c1-11(2,3)8(15)6-17-10-13-12-9(16)14(10)7-4-5-7/h7H,4-6H2,1-3H3,(H,12,16). The molecule has 0 radical (unpaired) electrons. The fourth-order valence-corrected chi connectivity index (χ4v) is 2.57. The highest BCUT2D eigenvalue weighted by molar-refractivity contribution is 7.99. The molecule has 1 aliphatic rings. The van der Waals surface area contributed by atoms with Crippen LogP contribution in [0.3, 0.4) is 0 Å². The Morgan fingerprint density at radius 1 is 1.53 bits per heavy atom. The quantitative estimate of drug-likeness (QED) is 0.830. The van der Waals surface area contributed by atoms with Crippen molar-refractivity contribution in [1.29, 1.82) is 0 Å². The number of rotatable bonds is 4. The molecule has 0 aromatic carbocycles. The number of hydrogen-bond acceptors (Lipinski definition) is 4. The molecular formula is C11H17N3O2S. The summed E-state index contributed by atoms with van der Waals surface area (Å²) in [6.45, 7) is 5.69. The summed E-state index contributed by atoms with van der Waals surface area (Å²) < 4.78 is 1.67. The van der Waals surface area contributed by atoms with Gasteiger partial charge in [-0.15, -0.1) is 5.10 Å². The van der Waals surface area contributed by atoms with E-state index in [0.29, 0.717) is 10.9 Å². The predicted molar refractivity (Wildman–Crippen MR) is 66.3 cm³/mol. The molecule has 1 aromatic rings. The molecule has 1 aliphatic carbocycles. The molecule has 5 nitrogen and oxygen atoms in total. The summed E-state index contributed by atoms with van der Waals surface area (Å²) in [7, 11) is 0. The first-order valence-electron chi connectivity index (χ1n) is 5.72. The minimum atomic E-state index is -0.339. The molecule has 0 unspecified atom stereocenters. The fraction of sp³-hybridized carbons (Fsp3) is 0.727. The number of thioether (sulfide) groups is 1. The molecule has 1 fully saturated rings. The van der Waals surface area contributed by atoms with Gasteiger partial charge in [0, 0.05) is 11.5 Å². The van der Waals surface area contributed by atoms with Gasteiger partial charge in [-0.1, -0.05) is 32.5 Å². The number of aromatic nitrogens is 3. The van der Waals surface area contributed by atoms with Crippen LogP contribution in [0, 0.1) is 5.41 Å². The lowest BCUT2D eigenvalue weighted by Gasteiger charge is -2.15. The maximum atomic E-state index is 11.8. The van der Waals surface area contributed by atoms with E-state index in [2.05, 4.69) is 10.2 Å². The van der Waals surface area contributed by atoms with Crippen molar-refractivity contribution in [2.45, 2.75) is 44.8 Å². The van der Waals surface area contributed by atoms with E-state index in [9.17, 15) is 9.59 Å². The summed E-state index contributed by atoms with van der Waals surface area (Å²) in [5, 5.41) is 7.05. The summed E-state index contributed by atoms with van der Waals surface area (Å²) in [6, 6.07) is 0.286. The Bertz CT molecular complexity index is 480. The molecule has 0 saturated heterocycles. The average molecular weight is 255 g/mol. The predicted octanol–water partition coefficient (Wildman–Crippen LogP) is 1.61. The second-order valence-corrected chi connectivity index (χ2v) is 6.32. The number of nitrogens with zero attached hydrogens (tertiary/aromatic N) is 2. The topological polar surface area (TPSA) is 67.8 Å². The van der Waals surface area contributed by atoms with E-state index in [1.807, 2.05) is 20.8 Å². The number of hydrogen-bond donors (Lipinski definition) is 1. The first kappa shape index (κ1) is 12.4. The van der Waals surface area contributed by atoms with E-state index < -0.39 is 0 Å². The van der Waals surface area contributed by atoms with Crippen molar-refractivity contribution in [2.75, 3.05) is 5.75 Å². The lowest BCUT2D eigenvalue weighted by atomic mass is 9.92. The highest BCUT2D eigenvalue weighted by Crippen LogP contribution is 2.36. The van der Waals surface area contributed by atoms with Gasteiger partial charge >= 0.3 is 5.69 Å². The summed E-state index contributed by atoms with van der Waals surface area (Å²) in [6.07, 6.45) is 2.06. The van der Waals surface area contributed by atoms with E-state index in [-0.39, 0.29) is 22.9 Å². The van der Waals surface area contributed by atoms with E-state index in [0.717, 1.165) is 12.8 Å². The Hall–Kier alpha value is -1.04. The van der Waals surface area contributed by atoms with Crippen LogP contribution in [0.4, 0.5) is 0 Å². The zero-order chi connectivity index (χ0) is 12.6. The van der Waals surface area contributed by atoms with Crippen molar-refractivity contribution >= 4 is 17.5 Å². The van der Waals surface area contributed by atoms with Crippen molar-refractivity contribution in [3.05, 3.63) is 10.5 Å². The van der Waals surface area contributed by atoms with Crippen molar-refractivity contribution in [1.82, 2.24) is 14.8 Å². The van der Waals surface area contributed by atoms with Gasteiger partial charge in [0.15, 0.2) is 5.16 Å². The Balaban J connectivity index is 2.05. The van der Waals surface area contributed by atoms with Crippen molar-refractivity contribution in [3.8, 4) is 0 Å². The van der Waals surface area contributed by atoms with Crippen LogP contribution in [0.15, 0.2) is 9.95 Å². The molecule has 0 atom stereocenters. The van der Waals surface area contributed by atoms with Crippen molar-refractivity contribution in [3.63, 3.8) is 0 Å². The fourth-order valence-electron chi connectivity index (χ4n) is 1.39. The van der Waals surface area contributed by atoms with Gasteiger partial charge in [-0.2, -0.15) is 0 Å². The van der Waals surface area contributed by atoms with Crippen LogP contribution in [0.5, 0.6) is 0 Å². The van der Waals surface area contributed by atoms with Crippen LogP contribution in [-0.2, 0) is 4.79 Å². The number of aromatic amines is 1. The molecule has 1 N–H and O–H groups in total. The third-order valence-corrected chi connectivity index (χ3v) is 3.71. The Kier molecular flexibility index (Phi) is 3.16. The van der Waals surface area contributed by atoms with Crippen molar-refractivity contribution < 1.29 is 4.79 Å². The zero-order valence-corrected chi connectivity index (χ0v) is 11.1. The summed E-state index contributed by atoms with van der Waals surface area (Å²) in [5.41, 5.74) is -0.508. The molecule has 0 amide bonds.